The highest BCUT2D eigenvalue weighted by Gasteiger charge is 2.44. The third kappa shape index (κ3) is 6.71. The molecule has 3 nitrogen and oxygen atoms in total. The van der Waals surface area contributed by atoms with Crippen LogP contribution in [-0.2, 0) is 5.41 Å². The molecular weight excluding hydrogens is 771 g/mol. The molecule has 0 radical (unpaired) electrons. The molecule has 0 bridgehead atoms. The van der Waals surface area contributed by atoms with Crippen molar-refractivity contribution in [3.63, 3.8) is 0 Å². The first-order valence-electron chi connectivity index (χ1n) is 20.9. The first kappa shape index (κ1) is 37.3. The number of fused-ring (bicyclic) bond motifs is 2. The largest absolute Gasteiger partial charge is 0.208 e. The molecule has 1 aliphatic heterocycles. The second-order valence-corrected chi connectivity index (χ2v) is 16.6. The fourth-order valence-corrected chi connectivity index (χ4v) is 10.3. The lowest BCUT2D eigenvalue weighted by Crippen LogP contribution is -2.34. The fourth-order valence-electron chi connectivity index (χ4n) is 8.98. The van der Waals surface area contributed by atoms with Crippen molar-refractivity contribution in [2.45, 2.75) is 15.2 Å². The lowest BCUT2D eigenvalue weighted by molar-refractivity contribution is 0.703. The maximum absolute atomic E-state index is 5.14. The van der Waals surface area contributed by atoms with Gasteiger partial charge in [0.15, 0.2) is 17.5 Å². The molecule has 1 aliphatic rings. The maximum atomic E-state index is 5.14. The monoisotopic (exact) mass is 809 g/mol. The predicted molar refractivity (Wildman–Crippen MR) is 255 cm³/mol. The van der Waals surface area contributed by atoms with Crippen molar-refractivity contribution in [1.29, 1.82) is 0 Å². The van der Waals surface area contributed by atoms with E-state index in [0.29, 0.717) is 17.5 Å². The molecular formula is C58H39N3S. The summed E-state index contributed by atoms with van der Waals surface area (Å²) in [7, 11) is 0. The number of aromatic nitrogens is 3. The van der Waals surface area contributed by atoms with Gasteiger partial charge < -0.3 is 0 Å². The molecule has 0 saturated carbocycles. The summed E-state index contributed by atoms with van der Waals surface area (Å²) in [5, 5.41) is 0. The van der Waals surface area contributed by atoms with Crippen LogP contribution in [0.2, 0.25) is 0 Å². The Balaban J connectivity index is 1.02. The van der Waals surface area contributed by atoms with Crippen LogP contribution in [0.3, 0.4) is 0 Å². The van der Waals surface area contributed by atoms with Crippen molar-refractivity contribution < 1.29 is 0 Å². The quantitative estimate of drug-likeness (QED) is 0.153. The van der Waals surface area contributed by atoms with E-state index in [1.54, 1.807) is 0 Å². The molecule has 0 saturated heterocycles. The fraction of sp³-hybridized carbons (Fsp3) is 0.0172. The van der Waals surface area contributed by atoms with Crippen molar-refractivity contribution in [1.82, 2.24) is 15.0 Å². The minimum atomic E-state index is -0.494. The Labute approximate surface area is 366 Å². The van der Waals surface area contributed by atoms with E-state index in [2.05, 4.69) is 200 Å². The summed E-state index contributed by atoms with van der Waals surface area (Å²) in [5.74, 6) is 1.90. The van der Waals surface area contributed by atoms with E-state index in [0.717, 1.165) is 38.9 Å². The third-order valence-electron chi connectivity index (χ3n) is 11.9. The van der Waals surface area contributed by atoms with Crippen LogP contribution in [0.15, 0.2) is 246 Å². The molecule has 62 heavy (non-hydrogen) atoms. The third-order valence-corrected chi connectivity index (χ3v) is 13.1. The smallest absolute Gasteiger partial charge is 0.164 e. The van der Waals surface area contributed by atoms with Gasteiger partial charge in [0.2, 0.25) is 0 Å². The Kier molecular flexibility index (Phi) is 9.68. The molecule has 11 rings (SSSR count). The zero-order chi connectivity index (χ0) is 41.3. The van der Waals surface area contributed by atoms with Gasteiger partial charge in [0.1, 0.15) is 0 Å². The van der Waals surface area contributed by atoms with Crippen LogP contribution in [0.4, 0.5) is 0 Å². The second kappa shape index (κ2) is 16.1. The van der Waals surface area contributed by atoms with Crippen LogP contribution in [0, 0.1) is 0 Å². The van der Waals surface area contributed by atoms with E-state index in [1.165, 1.54) is 43.2 Å². The zero-order valence-electron chi connectivity index (χ0n) is 33.8. The molecule has 4 heteroatoms. The van der Waals surface area contributed by atoms with Gasteiger partial charge >= 0.3 is 0 Å². The molecule has 9 aromatic carbocycles. The van der Waals surface area contributed by atoms with Gasteiger partial charge in [-0.3, -0.25) is 0 Å². The Hall–Kier alpha value is -7.66. The van der Waals surface area contributed by atoms with E-state index >= 15 is 0 Å². The number of hydrogen-bond acceptors (Lipinski definition) is 4. The molecule has 10 aromatic rings. The van der Waals surface area contributed by atoms with Crippen LogP contribution >= 0.6 is 11.8 Å². The SMILES string of the molecule is c1ccc(-c2cccc(-c3nc(-c4ccccc4)nc(-c4cccc(-c5cccc(-c6cccc7c6Sc6ccccc6C7(c6ccccc6)c6ccccc6)c5)c4)n3)c2)cc1. The average molecular weight is 810 g/mol. The topological polar surface area (TPSA) is 38.7 Å². The first-order chi connectivity index (χ1) is 30.7. The van der Waals surface area contributed by atoms with Crippen LogP contribution < -0.4 is 0 Å². The molecule has 0 fully saturated rings. The molecule has 2 heterocycles. The van der Waals surface area contributed by atoms with Crippen molar-refractivity contribution >= 4 is 11.8 Å². The summed E-state index contributed by atoms with van der Waals surface area (Å²) in [6, 6.07) is 84.3. The van der Waals surface area contributed by atoms with Crippen LogP contribution in [-0.4, -0.2) is 15.0 Å². The highest BCUT2D eigenvalue weighted by atomic mass is 32.2. The minimum Gasteiger partial charge on any atom is -0.208 e. The summed E-state index contributed by atoms with van der Waals surface area (Å²) in [6.45, 7) is 0. The van der Waals surface area contributed by atoms with Crippen LogP contribution in [0.1, 0.15) is 22.3 Å². The van der Waals surface area contributed by atoms with Crippen LogP contribution in [0.5, 0.6) is 0 Å². The van der Waals surface area contributed by atoms with Gasteiger partial charge in [-0.25, -0.2) is 15.0 Å². The van der Waals surface area contributed by atoms with Crippen molar-refractivity contribution in [2.75, 3.05) is 0 Å². The molecule has 0 spiro atoms. The van der Waals surface area contributed by atoms with E-state index in [4.69, 9.17) is 15.0 Å². The van der Waals surface area contributed by atoms with E-state index in [9.17, 15) is 0 Å². The molecule has 1 aromatic heterocycles. The van der Waals surface area contributed by atoms with Crippen molar-refractivity contribution in [3.05, 3.63) is 259 Å². The van der Waals surface area contributed by atoms with Gasteiger partial charge in [0, 0.05) is 26.5 Å². The highest BCUT2D eigenvalue weighted by Crippen LogP contribution is 2.57. The normalized spacial score (nSPS) is 12.6. The predicted octanol–water partition coefficient (Wildman–Crippen LogP) is 14.7. The van der Waals surface area contributed by atoms with E-state index < -0.39 is 5.41 Å². The standard InChI is InChI=1S/C58H39N3S/c1-5-19-40(20-6-1)42-23-16-27-46(38-42)56-59-55(41-21-7-2-8-22-41)60-57(61-56)47-28-17-25-44(39-47)43-24-15-26-45(37-43)50-33-18-35-52-54(50)62-53-36-14-13-34-51(53)58(52,48-29-9-3-10-30-48)49-31-11-4-12-32-49/h1-39H. The number of rotatable bonds is 8. The van der Waals surface area contributed by atoms with Crippen molar-refractivity contribution in [3.8, 4) is 67.5 Å². The first-order valence-corrected chi connectivity index (χ1v) is 21.7. The lowest BCUT2D eigenvalue weighted by Gasteiger charge is -2.42. The zero-order valence-corrected chi connectivity index (χ0v) is 34.6. The van der Waals surface area contributed by atoms with Gasteiger partial charge in [-0.2, -0.15) is 0 Å². The highest BCUT2D eigenvalue weighted by molar-refractivity contribution is 7.99. The van der Waals surface area contributed by atoms with E-state index in [-0.39, 0.29) is 0 Å². The second-order valence-electron chi connectivity index (χ2n) is 15.5. The van der Waals surface area contributed by atoms with Gasteiger partial charge in [0.05, 0.1) is 5.41 Å². The summed E-state index contributed by atoms with van der Waals surface area (Å²) in [5.41, 5.74) is 14.2. The average Bonchev–Trinajstić information content (AvgIpc) is 3.36. The number of hydrogen-bond donors (Lipinski definition) is 0. The van der Waals surface area contributed by atoms with Crippen molar-refractivity contribution in [2.24, 2.45) is 0 Å². The van der Waals surface area contributed by atoms with Gasteiger partial charge in [-0.1, -0.05) is 224 Å². The van der Waals surface area contributed by atoms with Gasteiger partial charge in [-0.15, -0.1) is 0 Å². The number of benzene rings is 9. The van der Waals surface area contributed by atoms with Crippen LogP contribution in [0.25, 0.3) is 67.5 Å². The minimum absolute atomic E-state index is 0.494. The molecule has 0 atom stereocenters. The molecule has 292 valence electrons. The van der Waals surface area contributed by atoms with Gasteiger partial charge in [0.25, 0.3) is 0 Å². The maximum Gasteiger partial charge on any atom is 0.164 e. The van der Waals surface area contributed by atoms with Gasteiger partial charge in [-0.05, 0) is 79.9 Å². The number of nitrogens with zero attached hydrogens (tertiary/aromatic N) is 3. The summed E-state index contributed by atoms with van der Waals surface area (Å²) in [4.78, 5) is 17.8. The summed E-state index contributed by atoms with van der Waals surface area (Å²) < 4.78 is 0. The Morgan fingerprint density at radius 3 is 1.26 bits per heavy atom. The summed E-state index contributed by atoms with van der Waals surface area (Å²) >= 11 is 1.87. The Morgan fingerprint density at radius 1 is 0.290 bits per heavy atom. The molecule has 0 amide bonds. The molecule has 0 aliphatic carbocycles. The molecule has 0 unspecified atom stereocenters. The Bertz CT molecular complexity index is 3160. The molecule has 0 N–H and O–H groups in total. The Morgan fingerprint density at radius 2 is 0.677 bits per heavy atom. The summed E-state index contributed by atoms with van der Waals surface area (Å²) in [6.07, 6.45) is 0. The van der Waals surface area contributed by atoms with E-state index in [1.807, 2.05) is 48.2 Å². The lowest BCUT2D eigenvalue weighted by atomic mass is 9.64.